The molecule has 0 radical (unpaired) electrons. The van der Waals surface area contributed by atoms with E-state index in [-0.39, 0.29) is 24.5 Å². The molecule has 1 amide bonds. The van der Waals surface area contributed by atoms with E-state index in [1.807, 2.05) is 0 Å². The van der Waals surface area contributed by atoms with Crippen LogP contribution >= 0.6 is 0 Å². The van der Waals surface area contributed by atoms with Gasteiger partial charge in [0.05, 0.1) is 17.5 Å². The third-order valence-corrected chi connectivity index (χ3v) is 4.74. The summed E-state index contributed by atoms with van der Waals surface area (Å²) in [6.45, 7) is 0.0660. The molecule has 128 valence electrons. The van der Waals surface area contributed by atoms with Crippen molar-refractivity contribution in [2.45, 2.75) is 38.1 Å². The fraction of sp³-hybridized carbons (Fsp3) is 0.444. The fourth-order valence-electron chi connectivity index (χ4n) is 3.37. The van der Waals surface area contributed by atoms with Crippen molar-refractivity contribution in [3.8, 4) is 11.3 Å². The molecule has 1 fully saturated rings. The van der Waals surface area contributed by atoms with Crippen molar-refractivity contribution in [1.82, 2.24) is 15.5 Å². The van der Waals surface area contributed by atoms with Gasteiger partial charge in [0.2, 0.25) is 0 Å². The van der Waals surface area contributed by atoms with Crippen LogP contribution in [0, 0.1) is 11.7 Å². The van der Waals surface area contributed by atoms with Crippen LogP contribution in [0.2, 0.25) is 0 Å². The number of H-pyrrole nitrogens is 1. The lowest BCUT2D eigenvalue weighted by Gasteiger charge is -2.24. The molecule has 0 aliphatic heterocycles. The number of carbonyl (C=O) groups excluding carboxylic acids is 1. The number of rotatable bonds is 4. The zero-order valence-electron chi connectivity index (χ0n) is 13.5. The molecule has 2 aromatic rings. The average molecular weight is 331 g/mol. The molecule has 0 bridgehead atoms. The average Bonchev–Trinajstić information content (AvgIpc) is 2.96. The smallest absolute Gasteiger partial charge is 0.255 e. The van der Waals surface area contributed by atoms with Crippen molar-refractivity contribution in [1.29, 1.82) is 0 Å². The molecule has 6 heteroatoms. The molecule has 1 aliphatic rings. The minimum Gasteiger partial charge on any atom is -0.396 e. The molecule has 0 saturated heterocycles. The first-order chi connectivity index (χ1) is 11.7. The van der Waals surface area contributed by atoms with Gasteiger partial charge in [-0.3, -0.25) is 9.89 Å². The van der Waals surface area contributed by atoms with Gasteiger partial charge in [-0.25, -0.2) is 4.39 Å². The molecule has 1 saturated carbocycles. The highest BCUT2D eigenvalue weighted by Gasteiger charge is 2.26. The van der Waals surface area contributed by atoms with Crippen molar-refractivity contribution >= 4 is 5.91 Å². The maximum atomic E-state index is 14.0. The minimum atomic E-state index is -0.404. The van der Waals surface area contributed by atoms with E-state index < -0.39 is 5.82 Å². The van der Waals surface area contributed by atoms with E-state index in [0.29, 0.717) is 16.8 Å². The first-order valence-electron chi connectivity index (χ1n) is 8.40. The first-order valence-corrected chi connectivity index (χ1v) is 8.40. The third kappa shape index (κ3) is 3.48. The lowest BCUT2D eigenvalue weighted by atomic mass is 9.95. The van der Waals surface area contributed by atoms with Crippen molar-refractivity contribution < 1.29 is 14.3 Å². The maximum absolute atomic E-state index is 14.0. The number of aliphatic hydroxyl groups is 1. The molecule has 1 heterocycles. The Morgan fingerprint density at radius 1 is 1.29 bits per heavy atom. The Hall–Kier alpha value is -2.21. The predicted molar refractivity (Wildman–Crippen MR) is 88.9 cm³/mol. The summed E-state index contributed by atoms with van der Waals surface area (Å²) < 4.78 is 14.0. The highest BCUT2D eigenvalue weighted by Crippen LogP contribution is 2.26. The molecule has 24 heavy (non-hydrogen) atoms. The molecule has 3 rings (SSSR count). The van der Waals surface area contributed by atoms with Crippen LogP contribution in [-0.4, -0.2) is 33.9 Å². The summed E-state index contributed by atoms with van der Waals surface area (Å²) in [4.78, 5) is 12.7. The molecule has 3 N–H and O–H groups in total. The molecule has 2 unspecified atom stereocenters. The fourth-order valence-corrected chi connectivity index (χ4v) is 3.37. The normalized spacial score (nSPS) is 21.2. The Bertz CT molecular complexity index is 701. The Kier molecular flexibility index (Phi) is 5.25. The van der Waals surface area contributed by atoms with Gasteiger partial charge in [0.1, 0.15) is 5.82 Å². The predicted octanol–water partition coefficient (Wildman–Crippen LogP) is 2.89. The van der Waals surface area contributed by atoms with E-state index in [9.17, 15) is 14.3 Å². The zero-order valence-corrected chi connectivity index (χ0v) is 13.5. The lowest BCUT2D eigenvalue weighted by molar-refractivity contribution is 0.0900. The number of aromatic amines is 1. The maximum Gasteiger partial charge on any atom is 0.255 e. The molecule has 0 spiro atoms. The number of amides is 1. The van der Waals surface area contributed by atoms with E-state index in [2.05, 4.69) is 15.5 Å². The van der Waals surface area contributed by atoms with Gasteiger partial charge in [0.25, 0.3) is 5.91 Å². The van der Waals surface area contributed by atoms with E-state index in [4.69, 9.17) is 0 Å². The van der Waals surface area contributed by atoms with Crippen LogP contribution < -0.4 is 5.32 Å². The van der Waals surface area contributed by atoms with Gasteiger partial charge < -0.3 is 10.4 Å². The molecule has 2 atom stereocenters. The Morgan fingerprint density at radius 3 is 2.88 bits per heavy atom. The topological polar surface area (TPSA) is 78.0 Å². The standard InChI is InChI=1S/C18H22FN3O2/c19-15-8-5-4-7-13(15)17-14(10-20-22-17)18(24)21-16-9-3-1-2-6-12(16)11-23/h4-5,7-8,10,12,16,23H,1-3,6,9,11H2,(H,20,22)(H,21,24). The first kappa shape index (κ1) is 16.6. The summed E-state index contributed by atoms with van der Waals surface area (Å²) in [6.07, 6.45) is 6.41. The summed E-state index contributed by atoms with van der Waals surface area (Å²) in [5.74, 6) is -0.619. The monoisotopic (exact) mass is 331 g/mol. The molecule has 5 nitrogen and oxygen atoms in total. The number of aliphatic hydroxyl groups excluding tert-OH is 1. The Labute approximate surface area is 140 Å². The van der Waals surface area contributed by atoms with Gasteiger partial charge >= 0.3 is 0 Å². The van der Waals surface area contributed by atoms with E-state index in [1.165, 1.54) is 12.3 Å². The second kappa shape index (κ2) is 7.57. The summed E-state index contributed by atoms with van der Waals surface area (Å²) >= 11 is 0. The molecule has 1 aromatic carbocycles. The summed E-state index contributed by atoms with van der Waals surface area (Å²) in [5.41, 5.74) is 1.01. The highest BCUT2D eigenvalue weighted by molar-refractivity contribution is 5.99. The van der Waals surface area contributed by atoms with Crippen LogP contribution in [0.4, 0.5) is 4.39 Å². The number of nitrogens with zero attached hydrogens (tertiary/aromatic N) is 1. The van der Waals surface area contributed by atoms with E-state index in [1.54, 1.807) is 18.2 Å². The van der Waals surface area contributed by atoms with Gasteiger partial charge in [-0.15, -0.1) is 0 Å². The van der Waals surface area contributed by atoms with Crippen LogP contribution in [0.3, 0.4) is 0 Å². The van der Waals surface area contributed by atoms with Crippen LogP contribution in [0.15, 0.2) is 30.5 Å². The van der Waals surface area contributed by atoms with Gasteiger partial charge in [0.15, 0.2) is 0 Å². The number of benzene rings is 1. The number of halogens is 1. The number of carbonyl (C=O) groups is 1. The number of hydrogen-bond donors (Lipinski definition) is 3. The molecule has 1 aromatic heterocycles. The van der Waals surface area contributed by atoms with Crippen molar-refractivity contribution in [2.75, 3.05) is 6.61 Å². The van der Waals surface area contributed by atoms with Gasteiger partial charge in [-0.05, 0) is 25.0 Å². The lowest BCUT2D eigenvalue weighted by Crippen LogP contribution is -2.41. The summed E-state index contributed by atoms with van der Waals surface area (Å²) in [7, 11) is 0. The Balaban J connectivity index is 1.81. The van der Waals surface area contributed by atoms with Crippen LogP contribution in [0.5, 0.6) is 0 Å². The number of nitrogens with one attached hydrogen (secondary N) is 2. The zero-order chi connectivity index (χ0) is 16.9. The van der Waals surface area contributed by atoms with Gasteiger partial charge in [0, 0.05) is 24.1 Å². The number of aromatic nitrogens is 2. The number of hydrogen-bond acceptors (Lipinski definition) is 3. The van der Waals surface area contributed by atoms with Crippen LogP contribution in [-0.2, 0) is 0 Å². The van der Waals surface area contributed by atoms with Gasteiger partial charge in [-0.2, -0.15) is 5.10 Å². The summed E-state index contributed by atoms with van der Waals surface area (Å²) in [5, 5.41) is 19.2. The Morgan fingerprint density at radius 2 is 2.08 bits per heavy atom. The second-order valence-electron chi connectivity index (χ2n) is 6.30. The van der Waals surface area contributed by atoms with Crippen molar-refractivity contribution in [2.24, 2.45) is 5.92 Å². The van der Waals surface area contributed by atoms with Crippen molar-refractivity contribution in [3.63, 3.8) is 0 Å². The highest BCUT2D eigenvalue weighted by atomic mass is 19.1. The largest absolute Gasteiger partial charge is 0.396 e. The minimum absolute atomic E-state index is 0.0617. The van der Waals surface area contributed by atoms with Crippen LogP contribution in [0.25, 0.3) is 11.3 Å². The second-order valence-corrected chi connectivity index (χ2v) is 6.30. The SMILES string of the molecule is O=C(NC1CCCCCC1CO)c1cn[nH]c1-c1ccccc1F. The van der Waals surface area contributed by atoms with Crippen LogP contribution in [0.1, 0.15) is 42.5 Å². The molecule has 1 aliphatic carbocycles. The van der Waals surface area contributed by atoms with Gasteiger partial charge in [-0.1, -0.05) is 31.4 Å². The van der Waals surface area contributed by atoms with E-state index >= 15 is 0 Å². The third-order valence-electron chi connectivity index (χ3n) is 4.74. The summed E-state index contributed by atoms with van der Waals surface area (Å²) in [6, 6.07) is 6.22. The molecular formula is C18H22FN3O2. The van der Waals surface area contributed by atoms with E-state index in [0.717, 1.165) is 32.1 Å². The quantitative estimate of drug-likeness (QED) is 0.754. The molecular weight excluding hydrogens is 309 g/mol. The van der Waals surface area contributed by atoms with Crippen molar-refractivity contribution in [3.05, 3.63) is 41.8 Å².